The summed E-state index contributed by atoms with van der Waals surface area (Å²) in [6.45, 7) is 0. The van der Waals surface area contributed by atoms with Crippen LogP contribution in [0.2, 0.25) is 0 Å². The molecule has 2 rings (SSSR count). The number of rotatable bonds is 2. The van der Waals surface area contributed by atoms with E-state index in [2.05, 4.69) is 10.7 Å². The Morgan fingerprint density at radius 3 is 2.69 bits per heavy atom. The van der Waals surface area contributed by atoms with Gasteiger partial charge in [-0.3, -0.25) is 4.79 Å². The quantitative estimate of drug-likeness (QED) is 0.592. The van der Waals surface area contributed by atoms with Crippen molar-refractivity contribution in [3.8, 4) is 12.3 Å². The molecule has 0 amide bonds. The summed E-state index contributed by atoms with van der Waals surface area (Å²) in [6, 6.07) is 7.53. The molecular formula is C13H13NO2. The number of carbonyl (C=O) groups is 1. The molecule has 82 valence electrons. The fraction of sp³-hybridized carbons (Fsp3) is 0.308. The number of terminal acetylenes is 1. The first kappa shape index (κ1) is 10.7. The highest BCUT2D eigenvalue weighted by atomic mass is 16.5. The minimum absolute atomic E-state index is 0.0479. The van der Waals surface area contributed by atoms with E-state index in [1.165, 1.54) is 7.11 Å². The Kier molecular flexibility index (Phi) is 2.45. The second-order valence-electron chi connectivity index (χ2n) is 4.06. The topological polar surface area (TPSA) is 52.3 Å². The molecule has 0 aromatic heterocycles. The van der Waals surface area contributed by atoms with Crippen molar-refractivity contribution in [2.75, 3.05) is 7.11 Å². The number of methoxy groups -OCH3 is 1. The normalized spacial score (nSPS) is 26.9. The van der Waals surface area contributed by atoms with E-state index in [0.29, 0.717) is 6.42 Å². The zero-order valence-corrected chi connectivity index (χ0v) is 9.07. The van der Waals surface area contributed by atoms with E-state index in [4.69, 9.17) is 12.2 Å². The maximum Gasteiger partial charge on any atom is 0.326 e. The average molecular weight is 215 g/mol. The SMILES string of the molecule is C#Cc1ccc([C@@H]2C[C@@]2(N)C(=O)OC)cc1. The summed E-state index contributed by atoms with van der Waals surface area (Å²) < 4.78 is 4.68. The number of esters is 1. The lowest BCUT2D eigenvalue weighted by atomic mass is 10.0. The van der Waals surface area contributed by atoms with Crippen LogP contribution in [0.1, 0.15) is 23.5 Å². The molecule has 0 unspecified atom stereocenters. The largest absolute Gasteiger partial charge is 0.468 e. The number of benzene rings is 1. The Labute approximate surface area is 94.6 Å². The van der Waals surface area contributed by atoms with E-state index in [9.17, 15) is 4.79 Å². The highest BCUT2D eigenvalue weighted by molar-refractivity contribution is 5.86. The van der Waals surface area contributed by atoms with E-state index in [-0.39, 0.29) is 11.9 Å². The molecule has 0 bridgehead atoms. The lowest BCUT2D eigenvalue weighted by Crippen LogP contribution is -2.35. The van der Waals surface area contributed by atoms with Crippen LogP contribution < -0.4 is 5.73 Å². The molecule has 1 aromatic rings. The Hall–Kier alpha value is -1.79. The van der Waals surface area contributed by atoms with Crippen LogP contribution in [-0.4, -0.2) is 18.6 Å². The van der Waals surface area contributed by atoms with Crippen LogP contribution in [0, 0.1) is 12.3 Å². The van der Waals surface area contributed by atoms with Gasteiger partial charge in [-0.15, -0.1) is 6.42 Å². The first-order chi connectivity index (χ1) is 7.61. The van der Waals surface area contributed by atoms with Gasteiger partial charge < -0.3 is 10.5 Å². The summed E-state index contributed by atoms with van der Waals surface area (Å²) in [5.41, 5.74) is 6.95. The van der Waals surface area contributed by atoms with Crippen molar-refractivity contribution in [1.29, 1.82) is 0 Å². The molecule has 1 aliphatic rings. The lowest BCUT2D eigenvalue weighted by molar-refractivity contribution is -0.143. The molecule has 0 spiro atoms. The minimum atomic E-state index is -0.841. The Morgan fingerprint density at radius 1 is 1.56 bits per heavy atom. The third-order valence-corrected chi connectivity index (χ3v) is 3.05. The van der Waals surface area contributed by atoms with E-state index in [1.54, 1.807) is 0 Å². The predicted molar refractivity (Wildman–Crippen MR) is 60.7 cm³/mol. The van der Waals surface area contributed by atoms with Gasteiger partial charge in [0.05, 0.1) is 7.11 Å². The lowest BCUT2D eigenvalue weighted by Gasteiger charge is -2.08. The number of carbonyl (C=O) groups excluding carboxylic acids is 1. The number of hydrogen-bond acceptors (Lipinski definition) is 3. The Morgan fingerprint density at radius 2 is 2.19 bits per heavy atom. The summed E-state index contributed by atoms with van der Waals surface area (Å²) in [5.74, 6) is 2.24. The van der Waals surface area contributed by atoms with Crippen molar-refractivity contribution in [2.45, 2.75) is 17.9 Å². The highest BCUT2D eigenvalue weighted by Crippen LogP contribution is 2.50. The second kappa shape index (κ2) is 3.66. The third-order valence-electron chi connectivity index (χ3n) is 3.05. The smallest absolute Gasteiger partial charge is 0.326 e. The molecule has 0 aliphatic heterocycles. The van der Waals surface area contributed by atoms with Crippen LogP contribution in [0.25, 0.3) is 0 Å². The maximum atomic E-state index is 11.4. The van der Waals surface area contributed by atoms with Crippen molar-refractivity contribution in [1.82, 2.24) is 0 Å². The van der Waals surface area contributed by atoms with Gasteiger partial charge >= 0.3 is 5.97 Å². The van der Waals surface area contributed by atoms with Crippen LogP contribution in [-0.2, 0) is 9.53 Å². The minimum Gasteiger partial charge on any atom is -0.468 e. The van der Waals surface area contributed by atoms with Crippen molar-refractivity contribution < 1.29 is 9.53 Å². The van der Waals surface area contributed by atoms with Crippen molar-refractivity contribution in [3.63, 3.8) is 0 Å². The highest BCUT2D eigenvalue weighted by Gasteiger charge is 2.58. The zero-order chi connectivity index (χ0) is 11.8. The van der Waals surface area contributed by atoms with Gasteiger partial charge in [0, 0.05) is 11.5 Å². The van der Waals surface area contributed by atoms with Gasteiger partial charge in [0.1, 0.15) is 5.54 Å². The van der Waals surface area contributed by atoms with Crippen LogP contribution >= 0.6 is 0 Å². The van der Waals surface area contributed by atoms with Gasteiger partial charge in [-0.05, 0) is 24.1 Å². The van der Waals surface area contributed by atoms with Crippen molar-refractivity contribution >= 4 is 5.97 Å². The van der Waals surface area contributed by atoms with Crippen LogP contribution in [0.5, 0.6) is 0 Å². The fourth-order valence-corrected chi connectivity index (χ4v) is 1.92. The van der Waals surface area contributed by atoms with E-state index in [1.807, 2.05) is 24.3 Å². The summed E-state index contributed by atoms with van der Waals surface area (Å²) in [7, 11) is 1.35. The molecule has 0 saturated heterocycles. The standard InChI is InChI=1S/C13H13NO2/c1-3-9-4-6-10(7-5-9)11-8-13(11,14)12(15)16-2/h1,4-7,11H,8,14H2,2H3/t11-,13-/m0/s1. The zero-order valence-electron chi connectivity index (χ0n) is 9.07. The third kappa shape index (κ3) is 1.58. The Bertz CT molecular complexity index is 458. The van der Waals surface area contributed by atoms with Gasteiger partial charge in [0.15, 0.2) is 0 Å². The molecule has 2 N–H and O–H groups in total. The van der Waals surface area contributed by atoms with Gasteiger partial charge in [-0.1, -0.05) is 18.1 Å². The van der Waals surface area contributed by atoms with E-state index in [0.717, 1.165) is 11.1 Å². The molecule has 3 heteroatoms. The molecule has 1 aliphatic carbocycles. The summed E-state index contributed by atoms with van der Waals surface area (Å²) in [5, 5.41) is 0. The number of nitrogens with two attached hydrogens (primary N) is 1. The molecule has 0 radical (unpaired) electrons. The molecule has 3 nitrogen and oxygen atoms in total. The molecule has 1 fully saturated rings. The van der Waals surface area contributed by atoms with Crippen LogP contribution in [0.3, 0.4) is 0 Å². The first-order valence-electron chi connectivity index (χ1n) is 5.05. The van der Waals surface area contributed by atoms with Crippen molar-refractivity contribution in [3.05, 3.63) is 35.4 Å². The summed E-state index contributed by atoms with van der Waals surface area (Å²) in [4.78, 5) is 11.4. The van der Waals surface area contributed by atoms with Crippen LogP contribution in [0.4, 0.5) is 0 Å². The Balaban J connectivity index is 2.17. The number of hydrogen-bond donors (Lipinski definition) is 1. The average Bonchev–Trinajstić information content (AvgIpc) is 3.02. The molecule has 2 atom stereocenters. The van der Waals surface area contributed by atoms with Gasteiger partial charge in [0.2, 0.25) is 0 Å². The van der Waals surface area contributed by atoms with Crippen LogP contribution in [0.15, 0.2) is 24.3 Å². The summed E-state index contributed by atoms with van der Waals surface area (Å²) >= 11 is 0. The monoisotopic (exact) mass is 215 g/mol. The van der Waals surface area contributed by atoms with Gasteiger partial charge in [-0.2, -0.15) is 0 Å². The molecule has 16 heavy (non-hydrogen) atoms. The van der Waals surface area contributed by atoms with Crippen molar-refractivity contribution in [2.24, 2.45) is 5.73 Å². The van der Waals surface area contributed by atoms with E-state index >= 15 is 0 Å². The van der Waals surface area contributed by atoms with Gasteiger partial charge in [0.25, 0.3) is 0 Å². The fourth-order valence-electron chi connectivity index (χ4n) is 1.92. The maximum absolute atomic E-state index is 11.4. The molecule has 0 heterocycles. The molecule has 1 saturated carbocycles. The number of ether oxygens (including phenoxy) is 1. The van der Waals surface area contributed by atoms with Gasteiger partial charge in [-0.25, -0.2) is 0 Å². The summed E-state index contributed by atoms with van der Waals surface area (Å²) in [6.07, 6.45) is 5.90. The second-order valence-corrected chi connectivity index (χ2v) is 4.06. The molecular weight excluding hydrogens is 202 g/mol. The first-order valence-corrected chi connectivity index (χ1v) is 5.05. The van der Waals surface area contributed by atoms with E-state index < -0.39 is 5.54 Å². The predicted octanol–water partition coefficient (Wildman–Crippen LogP) is 1.03. The molecule has 1 aromatic carbocycles.